The Bertz CT molecular complexity index is 388. The topological polar surface area (TPSA) is 36.3 Å². The highest BCUT2D eigenvalue weighted by Gasteiger charge is 2.22. The van der Waals surface area contributed by atoms with Crippen LogP contribution < -0.4 is 4.90 Å². The van der Waals surface area contributed by atoms with E-state index in [1.807, 2.05) is 4.90 Å². The van der Waals surface area contributed by atoms with Gasteiger partial charge in [-0.25, -0.2) is 4.39 Å². The Kier molecular flexibility index (Phi) is 2.84. The molecule has 0 N–H and O–H groups in total. The first-order valence-electron chi connectivity index (χ1n) is 4.81. The fraction of sp³-hybridized carbons (Fsp3) is 0.364. The number of hydrogen-bond donors (Lipinski definition) is 0. The third-order valence-corrected chi connectivity index (χ3v) is 2.42. The molecular weight excluding hydrogens is 195 g/mol. The molecule has 0 saturated carbocycles. The van der Waals surface area contributed by atoms with Crippen molar-refractivity contribution in [3.8, 4) is 6.07 Å². The normalized spacial score (nSPS) is 21.1. The number of nitriles is 1. The van der Waals surface area contributed by atoms with Crippen molar-refractivity contribution in [1.29, 1.82) is 5.26 Å². The lowest BCUT2D eigenvalue weighted by molar-refractivity contribution is 0.107. The minimum Gasteiger partial charge on any atom is -0.376 e. The summed E-state index contributed by atoms with van der Waals surface area (Å²) in [6, 6.07) is 8.12. The van der Waals surface area contributed by atoms with Gasteiger partial charge in [0.15, 0.2) is 0 Å². The van der Waals surface area contributed by atoms with Crippen LogP contribution >= 0.6 is 0 Å². The molecule has 1 atom stereocenters. The van der Waals surface area contributed by atoms with Crippen LogP contribution in [-0.2, 0) is 4.74 Å². The van der Waals surface area contributed by atoms with Crippen LogP contribution in [0.4, 0.5) is 10.1 Å². The third kappa shape index (κ3) is 2.08. The van der Waals surface area contributed by atoms with Gasteiger partial charge < -0.3 is 9.64 Å². The molecule has 1 unspecified atom stereocenters. The fourth-order valence-electron chi connectivity index (χ4n) is 1.67. The first kappa shape index (κ1) is 9.94. The van der Waals surface area contributed by atoms with Crippen molar-refractivity contribution < 1.29 is 9.13 Å². The van der Waals surface area contributed by atoms with E-state index >= 15 is 0 Å². The van der Waals surface area contributed by atoms with Crippen LogP contribution in [0.2, 0.25) is 0 Å². The molecular formula is C11H11FN2O. The quantitative estimate of drug-likeness (QED) is 0.699. The molecule has 0 aliphatic carbocycles. The van der Waals surface area contributed by atoms with Gasteiger partial charge >= 0.3 is 0 Å². The maximum absolute atomic E-state index is 13.0. The minimum atomic E-state index is -0.319. The van der Waals surface area contributed by atoms with Crippen molar-refractivity contribution in [1.82, 2.24) is 0 Å². The van der Waals surface area contributed by atoms with Crippen LogP contribution in [0, 0.1) is 17.1 Å². The molecule has 3 nitrogen and oxygen atoms in total. The average molecular weight is 206 g/mol. The summed E-state index contributed by atoms with van der Waals surface area (Å²) < 4.78 is 18.2. The molecule has 2 rings (SSSR count). The van der Waals surface area contributed by atoms with E-state index in [0.29, 0.717) is 19.8 Å². The van der Waals surface area contributed by atoms with Crippen LogP contribution in [0.3, 0.4) is 0 Å². The zero-order valence-corrected chi connectivity index (χ0v) is 8.19. The van der Waals surface area contributed by atoms with Crippen molar-refractivity contribution in [3.05, 3.63) is 30.1 Å². The molecule has 0 radical (unpaired) electrons. The number of rotatable bonds is 1. The number of morpholine rings is 1. The number of benzene rings is 1. The Hall–Kier alpha value is -1.60. The molecule has 0 spiro atoms. The second kappa shape index (κ2) is 4.28. The van der Waals surface area contributed by atoms with Gasteiger partial charge in [0.25, 0.3) is 0 Å². The lowest BCUT2D eigenvalue weighted by atomic mass is 10.2. The van der Waals surface area contributed by atoms with Crippen molar-refractivity contribution in [2.24, 2.45) is 0 Å². The minimum absolute atomic E-state index is 0.282. The summed E-state index contributed by atoms with van der Waals surface area (Å²) in [5, 5.41) is 8.93. The lowest BCUT2D eigenvalue weighted by Gasteiger charge is -2.33. The highest BCUT2D eigenvalue weighted by atomic mass is 19.1. The van der Waals surface area contributed by atoms with Crippen LogP contribution in [0.15, 0.2) is 24.3 Å². The molecule has 1 heterocycles. The second-order valence-electron chi connectivity index (χ2n) is 3.39. The number of hydrogen-bond acceptors (Lipinski definition) is 3. The highest BCUT2D eigenvalue weighted by Crippen LogP contribution is 2.20. The fourth-order valence-corrected chi connectivity index (χ4v) is 1.67. The van der Waals surface area contributed by atoms with Gasteiger partial charge in [-0.15, -0.1) is 0 Å². The van der Waals surface area contributed by atoms with Crippen LogP contribution in [0.5, 0.6) is 0 Å². The number of halogens is 1. The Morgan fingerprint density at radius 3 is 3.13 bits per heavy atom. The summed E-state index contributed by atoms with van der Waals surface area (Å²) in [6.45, 7) is 1.59. The molecule has 0 aromatic heterocycles. The summed E-state index contributed by atoms with van der Waals surface area (Å²) in [5.74, 6) is -0.282. The smallest absolute Gasteiger partial charge is 0.140 e. The van der Waals surface area contributed by atoms with E-state index in [9.17, 15) is 4.39 Å². The van der Waals surface area contributed by atoms with E-state index in [-0.39, 0.29) is 11.9 Å². The molecule has 1 aromatic rings. The molecule has 15 heavy (non-hydrogen) atoms. The first-order valence-corrected chi connectivity index (χ1v) is 4.81. The second-order valence-corrected chi connectivity index (χ2v) is 3.39. The zero-order valence-electron chi connectivity index (χ0n) is 8.19. The summed E-state index contributed by atoms with van der Waals surface area (Å²) in [6.07, 6.45) is 0. The summed E-state index contributed by atoms with van der Waals surface area (Å²) in [7, 11) is 0. The monoisotopic (exact) mass is 206 g/mol. The van der Waals surface area contributed by atoms with Gasteiger partial charge in [-0.05, 0) is 18.2 Å². The Balaban J connectivity index is 2.25. The third-order valence-electron chi connectivity index (χ3n) is 2.42. The van der Waals surface area contributed by atoms with Crippen molar-refractivity contribution in [3.63, 3.8) is 0 Å². The molecule has 1 aliphatic heterocycles. The van der Waals surface area contributed by atoms with Crippen LogP contribution in [0.1, 0.15) is 0 Å². The molecule has 0 bridgehead atoms. The van der Waals surface area contributed by atoms with E-state index in [2.05, 4.69) is 6.07 Å². The summed E-state index contributed by atoms with van der Waals surface area (Å²) in [4.78, 5) is 1.87. The average Bonchev–Trinajstić information content (AvgIpc) is 2.29. The van der Waals surface area contributed by atoms with Gasteiger partial charge in [-0.1, -0.05) is 6.07 Å². The Morgan fingerprint density at radius 2 is 2.40 bits per heavy atom. The first-order chi connectivity index (χ1) is 7.31. The van der Waals surface area contributed by atoms with E-state index < -0.39 is 0 Å². The maximum Gasteiger partial charge on any atom is 0.140 e. The maximum atomic E-state index is 13.0. The summed E-state index contributed by atoms with van der Waals surface area (Å²) >= 11 is 0. The van der Waals surface area contributed by atoms with Gasteiger partial charge in [0.1, 0.15) is 11.9 Å². The van der Waals surface area contributed by atoms with E-state index in [1.54, 1.807) is 12.1 Å². The molecule has 0 amide bonds. The number of nitrogens with zero attached hydrogens (tertiary/aromatic N) is 2. The van der Waals surface area contributed by atoms with E-state index in [1.165, 1.54) is 12.1 Å². The molecule has 78 valence electrons. The Morgan fingerprint density at radius 1 is 1.53 bits per heavy atom. The van der Waals surface area contributed by atoms with Gasteiger partial charge in [0.2, 0.25) is 0 Å². The van der Waals surface area contributed by atoms with Crippen molar-refractivity contribution >= 4 is 5.69 Å². The van der Waals surface area contributed by atoms with Crippen LogP contribution in [-0.4, -0.2) is 25.8 Å². The molecule has 1 aromatic carbocycles. The molecule has 1 aliphatic rings. The molecule has 1 fully saturated rings. The Labute approximate surface area is 87.7 Å². The summed E-state index contributed by atoms with van der Waals surface area (Å²) in [5.41, 5.74) is 0.741. The lowest BCUT2D eigenvalue weighted by Crippen LogP contribution is -2.44. The van der Waals surface area contributed by atoms with E-state index in [0.717, 1.165) is 5.69 Å². The van der Waals surface area contributed by atoms with Gasteiger partial charge in [-0.3, -0.25) is 0 Å². The van der Waals surface area contributed by atoms with Crippen molar-refractivity contribution in [2.75, 3.05) is 24.7 Å². The largest absolute Gasteiger partial charge is 0.376 e. The molecule has 1 saturated heterocycles. The number of anilines is 1. The van der Waals surface area contributed by atoms with Crippen molar-refractivity contribution in [2.45, 2.75) is 6.04 Å². The van der Waals surface area contributed by atoms with Gasteiger partial charge in [0.05, 0.1) is 19.3 Å². The predicted octanol–water partition coefficient (Wildman–Crippen LogP) is 1.55. The highest BCUT2D eigenvalue weighted by molar-refractivity contribution is 5.49. The standard InChI is InChI=1S/C11H11FN2O/c12-9-2-1-3-10(6-9)14-4-5-15-8-11(14)7-13/h1-3,6,11H,4-5,8H2. The van der Waals surface area contributed by atoms with Gasteiger partial charge in [0, 0.05) is 12.2 Å². The SMILES string of the molecule is N#CC1COCCN1c1cccc(F)c1. The van der Waals surface area contributed by atoms with Gasteiger partial charge in [-0.2, -0.15) is 5.26 Å². The zero-order chi connectivity index (χ0) is 10.7. The van der Waals surface area contributed by atoms with E-state index in [4.69, 9.17) is 10.00 Å². The predicted molar refractivity (Wildman–Crippen MR) is 54.0 cm³/mol. The molecule has 4 heteroatoms. The van der Waals surface area contributed by atoms with Crippen LogP contribution in [0.25, 0.3) is 0 Å². The number of ether oxygens (including phenoxy) is 1.